The van der Waals surface area contributed by atoms with Crippen LogP contribution in [0.15, 0.2) is 59.6 Å². The summed E-state index contributed by atoms with van der Waals surface area (Å²) in [6, 6.07) is 16.4. The molecule has 1 atom stereocenters. The molecule has 0 aliphatic heterocycles. The van der Waals surface area contributed by atoms with Crippen LogP contribution in [0.25, 0.3) is 10.9 Å². The zero-order valence-corrected chi connectivity index (χ0v) is 16.6. The van der Waals surface area contributed by atoms with Crippen molar-refractivity contribution >= 4 is 28.6 Å². The van der Waals surface area contributed by atoms with Crippen molar-refractivity contribution < 1.29 is 18.0 Å². The molecule has 0 radical (unpaired) electrons. The molecule has 0 saturated heterocycles. The number of amides is 1. The standard InChI is InChI=1S/C21H20F3N3OS/c1-14(11-12-15-7-3-2-4-8-15)25-18(28)13-29-19-16-9-5-6-10-17(16)26-20(27-19)21(22,23)24/h2-10,14H,11-13H2,1H3,(H,25,28)/t14-/m0/s1. The van der Waals surface area contributed by atoms with E-state index in [0.29, 0.717) is 5.39 Å². The van der Waals surface area contributed by atoms with E-state index in [4.69, 9.17) is 0 Å². The summed E-state index contributed by atoms with van der Waals surface area (Å²) in [5.41, 5.74) is 1.39. The number of benzene rings is 2. The molecule has 0 spiro atoms. The van der Waals surface area contributed by atoms with Crippen LogP contribution in [0.5, 0.6) is 0 Å². The van der Waals surface area contributed by atoms with Gasteiger partial charge in [-0.2, -0.15) is 13.2 Å². The van der Waals surface area contributed by atoms with Gasteiger partial charge in [-0.25, -0.2) is 9.97 Å². The molecule has 152 valence electrons. The van der Waals surface area contributed by atoms with E-state index in [1.165, 1.54) is 11.6 Å². The Morgan fingerprint density at radius 2 is 1.76 bits per heavy atom. The Labute approximate surface area is 170 Å². The fraction of sp³-hybridized carbons (Fsp3) is 0.286. The van der Waals surface area contributed by atoms with Crippen molar-refractivity contribution in [3.8, 4) is 0 Å². The molecule has 29 heavy (non-hydrogen) atoms. The van der Waals surface area contributed by atoms with Crippen molar-refractivity contribution in [3.05, 3.63) is 66.0 Å². The first-order chi connectivity index (χ1) is 13.8. The van der Waals surface area contributed by atoms with Gasteiger partial charge in [0.25, 0.3) is 0 Å². The van der Waals surface area contributed by atoms with Gasteiger partial charge in [0, 0.05) is 11.4 Å². The number of rotatable bonds is 7. The number of para-hydroxylation sites is 1. The fourth-order valence-electron chi connectivity index (χ4n) is 2.83. The normalized spacial score (nSPS) is 12.7. The molecule has 4 nitrogen and oxygen atoms in total. The molecule has 0 bridgehead atoms. The molecular weight excluding hydrogens is 399 g/mol. The second-order valence-corrected chi connectivity index (χ2v) is 7.61. The molecule has 0 unspecified atom stereocenters. The summed E-state index contributed by atoms with van der Waals surface area (Å²) >= 11 is 0.982. The molecule has 0 saturated carbocycles. The lowest BCUT2D eigenvalue weighted by Crippen LogP contribution is -2.34. The van der Waals surface area contributed by atoms with E-state index in [1.807, 2.05) is 37.3 Å². The number of aryl methyl sites for hydroxylation is 1. The molecule has 8 heteroatoms. The Morgan fingerprint density at radius 3 is 2.48 bits per heavy atom. The largest absolute Gasteiger partial charge is 0.451 e. The lowest BCUT2D eigenvalue weighted by Gasteiger charge is -2.14. The summed E-state index contributed by atoms with van der Waals surface area (Å²) in [4.78, 5) is 19.5. The van der Waals surface area contributed by atoms with E-state index in [1.54, 1.807) is 18.2 Å². The summed E-state index contributed by atoms with van der Waals surface area (Å²) in [5.74, 6) is -1.46. The van der Waals surface area contributed by atoms with Crippen LogP contribution >= 0.6 is 11.8 Å². The minimum Gasteiger partial charge on any atom is -0.353 e. The van der Waals surface area contributed by atoms with Crippen LogP contribution in [0.4, 0.5) is 13.2 Å². The zero-order valence-electron chi connectivity index (χ0n) is 15.7. The highest BCUT2D eigenvalue weighted by Crippen LogP contribution is 2.31. The molecule has 3 aromatic rings. The van der Waals surface area contributed by atoms with Gasteiger partial charge in [-0.1, -0.05) is 60.3 Å². The molecule has 1 amide bonds. The zero-order chi connectivity index (χ0) is 20.9. The minimum absolute atomic E-state index is 0.0199. The smallest absolute Gasteiger partial charge is 0.353 e. The average Bonchev–Trinajstić information content (AvgIpc) is 2.70. The van der Waals surface area contributed by atoms with Crippen molar-refractivity contribution in [2.75, 3.05) is 5.75 Å². The topological polar surface area (TPSA) is 54.9 Å². The molecule has 2 aromatic carbocycles. The summed E-state index contributed by atoms with van der Waals surface area (Å²) in [7, 11) is 0. The monoisotopic (exact) mass is 419 g/mol. The maximum Gasteiger partial charge on any atom is 0.451 e. The highest BCUT2D eigenvalue weighted by molar-refractivity contribution is 8.00. The van der Waals surface area contributed by atoms with Crippen LogP contribution in [0.1, 0.15) is 24.7 Å². The molecule has 3 rings (SSSR count). The second kappa shape index (κ2) is 9.26. The third-order valence-electron chi connectivity index (χ3n) is 4.28. The van der Waals surface area contributed by atoms with Gasteiger partial charge in [-0.3, -0.25) is 4.79 Å². The van der Waals surface area contributed by atoms with Crippen LogP contribution < -0.4 is 5.32 Å². The van der Waals surface area contributed by atoms with Crippen molar-refractivity contribution in [3.63, 3.8) is 0 Å². The SMILES string of the molecule is C[C@@H](CCc1ccccc1)NC(=O)CSc1nc(C(F)(F)F)nc2ccccc12. The minimum atomic E-state index is -4.65. The van der Waals surface area contributed by atoms with Gasteiger partial charge in [0.1, 0.15) is 5.03 Å². The van der Waals surface area contributed by atoms with Gasteiger partial charge in [0.05, 0.1) is 11.3 Å². The summed E-state index contributed by atoms with van der Waals surface area (Å²) in [6.45, 7) is 1.91. The van der Waals surface area contributed by atoms with Crippen molar-refractivity contribution in [2.45, 2.75) is 37.0 Å². The first-order valence-electron chi connectivity index (χ1n) is 9.13. The Kier molecular flexibility index (Phi) is 6.74. The number of carbonyl (C=O) groups is 1. The third kappa shape index (κ3) is 5.93. The molecular formula is C21H20F3N3OS. The third-order valence-corrected chi connectivity index (χ3v) is 5.27. The maximum absolute atomic E-state index is 13.1. The number of nitrogens with one attached hydrogen (secondary N) is 1. The quantitative estimate of drug-likeness (QED) is 0.438. The first kappa shape index (κ1) is 21.1. The van der Waals surface area contributed by atoms with E-state index >= 15 is 0 Å². The number of carbonyl (C=O) groups excluding carboxylic acids is 1. The van der Waals surface area contributed by atoms with E-state index in [-0.39, 0.29) is 28.2 Å². The Bertz CT molecular complexity index is 980. The number of nitrogens with zero attached hydrogens (tertiary/aromatic N) is 2. The lowest BCUT2D eigenvalue weighted by molar-refractivity contribution is -0.145. The van der Waals surface area contributed by atoms with Gasteiger partial charge in [-0.15, -0.1) is 0 Å². The van der Waals surface area contributed by atoms with Gasteiger partial charge >= 0.3 is 6.18 Å². The summed E-state index contributed by atoms with van der Waals surface area (Å²) in [5, 5.41) is 3.53. The first-order valence-corrected chi connectivity index (χ1v) is 10.1. The van der Waals surface area contributed by atoms with Crippen LogP contribution in [0.3, 0.4) is 0 Å². The molecule has 0 fully saturated rings. The van der Waals surface area contributed by atoms with Crippen LogP contribution in [0, 0.1) is 0 Å². The van der Waals surface area contributed by atoms with Crippen molar-refractivity contribution in [1.29, 1.82) is 0 Å². The Hall–Kier alpha value is -2.61. The van der Waals surface area contributed by atoms with E-state index < -0.39 is 12.0 Å². The number of aromatic nitrogens is 2. The van der Waals surface area contributed by atoms with Gasteiger partial charge in [-0.05, 0) is 31.4 Å². The predicted molar refractivity (Wildman–Crippen MR) is 108 cm³/mol. The van der Waals surface area contributed by atoms with E-state index in [9.17, 15) is 18.0 Å². The predicted octanol–water partition coefficient (Wildman–Crippen LogP) is 4.88. The summed E-state index contributed by atoms with van der Waals surface area (Å²) in [6.07, 6.45) is -3.04. The van der Waals surface area contributed by atoms with Gasteiger partial charge in [0.2, 0.25) is 11.7 Å². The number of halogens is 3. The second-order valence-electron chi connectivity index (χ2n) is 6.65. The maximum atomic E-state index is 13.1. The van der Waals surface area contributed by atoms with Crippen LogP contribution in [-0.4, -0.2) is 27.7 Å². The average molecular weight is 419 g/mol. The molecule has 1 aromatic heterocycles. The number of hydrogen-bond donors (Lipinski definition) is 1. The molecule has 0 aliphatic rings. The van der Waals surface area contributed by atoms with Gasteiger partial charge in [0.15, 0.2) is 0 Å². The Morgan fingerprint density at radius 1 is 1.07 bits per heavy atom. The van der Waals surface area contributed by atoms with E-state index in [0.717, 1.165) is 24.6 Å². The van der Waals surface area contributed by atoms with Crippen molar-refractivity contribution in [1.82, 2.24) is 15.3 Å². The number of alkyl halides is 3. The molecule has 0 aliphatic carbocycles. The number of thioether (sulfide) groups is 1. The Balaban J connectivity index is 1.61. The summed E-state index contributed by atoms with van der Waals surface area (Å²) < 4.78 is 39.2. The molecule has 1 N–H and O–H groups in total. The van der Waals surface area contributed by atoms with Gasteiger partial charge < -0.3 is 5.32 Å². The highest BCUT2D eigenvalue weighted by atomic mass is 32.2. The van der Waals surface area contributed by atoms with E-state index in [2.05, 4.69) is 15.3 Å². The van der Waals surface area contributed by atoms with Crippen LogP contribution in [-0.2, 0) is 17.4 Å². The van der Waals surface area contributed by atoms with Crippen LogP contribution in [0.2, 0.25) is 0 Å². The van der Waals surface area contributed by atoms with Crippen molar-refractivity contribution in [2.24, 2.45) is 0 Å². The lowest BCUT2D eigenvalue weighted by atomic mass is 10.1. The molecule has 1 heterocycles. The highest BCUT2D eigenvalue weighted by Gasteiger charge is 2.35. The number of hydrogen-bond acceptors (Lipinski definition) is 4. The number of fused-ring (bicyclic) bond motifs is 1. The fourth-order valence-corrected chi connectivity index (χ4v) is 3.66.